The topological polar surface area (TPSA) is 106 Å². The number of esters is 1. The molecule has 0 heterocycles. The number of hydrogen-bond acceptors (Lipinski definition) is 6. The zero-order valence-corrected chi connectivity index (χ0v) is 20.4. The zero-order chi connectivity index (χ0) is 26.2. The molecule has 0 saturated heterocycles. The van der Waals surface area contributed by atoms with Crippen LogP contribution in [0.3, 0.4) is 0 Å². The van der Waals surface area contributed by atoms with Gasteiger partial charge in [0.25, 0.3) is 0 Å². The van der Waals surface area contributed by atoms with Crippen LogP contribution in [-0.4, -0.2) is 30.6 Å². The monoisotopic (exact) mass is 495 g/mol. The molecule has 186 valence electrons. The number of amides is 2. The number of carbonyl (C=O) groups is 3. The second-order valence-corrected chi connectivity index (χ2v) is 8.06. The molecule has 0 radical (unpaired) electrons. The molecule has 0 spiro atoms. The molecule has 37 heavy (non-hydrogen) atoms. The molecule has 4 rings (SSSR count). The van der Waals surface area contributed by atoms with Crippen molar-refractivity contribution >= 4 is 40.5 Å². The van der Waals surface area contributed by atoms with E-state index in [0.29, 0.717) is 29.2 Å². The normalized spacial score (nSPS) is 10.8. The van der Waals surface area contributed by atoms with Crippen LogP contribution in [0.2, 0.25) is 0 Å². The van der Waals surface area contributed by atoms with Gasteiger partial charge in [-0.05, 0) is 67.1 Å². The van der Waals surface area contributed by atoms with E-state index in [1.807, 2.05) is 56.3 Å². The lowest BCUT2D eigenvalue weighted by Gasteiger charge is -2.11. The van der Waals surface area contributed by atoms with Crippen molar-refractivity contribution in [3.63, 3.8) is 0 Å². The van der Waals surface area contributed by atoms with Crippen molar-refractivity contribution in [3.05, 3.63) is 102 Å². The maximum absolute atomic E-state index is 12.8. The van der Waals surface area contributed by atoms with E-state index in [1.54, 1.807) is 42.5 Å². The molecule has 2 N–H and O–H groups in total. The van der Waals surface area contributed by atoms with Crippen molar-refractivity contribution in [2.45, 2.75) is 13.8 Å². The van der Waals surface area contributed by atoms with E-state index >= 15 is 0 Å². The molecule has 0 saturated carbocycles. The predicted molar refractivity (Wildman–Crippen MR) is 142 cm³/mol. The molecule has 0 fully saturated rings. The van der Waals surface area contributed by atoms with E-state index in [4.69, 9.17) is 9.47 Å². The van der Waals surface area contributed by atoms with Crippen molar-refractivity contribution < 1.29 is 23.9 Å². The molecule has 2 amide bonds. The van der Waals surface area contributed by atoms with Crippen LogP contribution in [0, 0.1) is 6.92 Å². The Morgan fingerprint density at radius 1 is 0.865 bits per heavy atom. The largest absolute Gasteiger partial charge is 0.494 e. The molecular weight excluding hydrogens is 470 g/mol. The lowest BCUT2D eigenvalue weighted by Crippen LogP contribution is -2.32. The van der Waals surface area contributed by atoms with Crippen LogP contribution in [0.5, 0.6) is 11.5 Å². The summed E-state index contributed by atoms with van der Waals surface area (Å²) in [5, 5.41) is 8.09. The van der Waals surface area contributed by atoms with Gasteiger partial charge < -0.3 is 14.8 Å². The van der Waals surface area contributed by atoms with E-state index in [2.05, 4.69) is 15.8 Å². The number of carbonyl (C=O) groups excluding carboxylic acids is 3. The van der Waals surface area contributed by atoms with Gasteiger partial charge in [0.2, 0.25) is 0 Å². The number of anilines is 1. The maximum atomic E-state index is 12.8. The highest BCUT2D eigenvalue weighted by molar-refractivity contribution is 6.39. The molecule has 0 aromatic heterocycles. The van der Waals surface area contributed by atoms with Crippen molar-refractivity contribution in [1.82, 2.24) is 5.43 Å². The van der Waals surface area contributed by atoms with Crippen molar-refractivity contribution in [2.75, 3.05) is 11.9 Å². The fourth-order valence-corrected chi connectivity index (χ4v) is 3.54. The number of hydrazone groups is 1. The first kappa shape index (κ1) is 25.1. The fraction of sp³-hybridized carbons (Fsp3) is 0.103. The van der Waals surface area contributed by atoms with E-state index < -0.39 is 17.8 Å². The molecule has 0 aliphatic rings. The number of rotatable bonds is 7. The van der Waals surface area contributed by atoms with Gasteiger partial charge in [-0.1, -0.05) is 48.0 Å². The average Bonchev–Trinajstić information content (AvgIpc) is 2.91. The van der Waals surface area contributed by atoms with Gasteiger partial charge in [-0.2, -0.15) is 5.10 Å². The Morgan fingerprint density at radius 2 is 1.59 bits per heavy atom. The van der Waals surface area contributed by atoms with Gasteiger partial charge in [-0.3, -0.25) is 9.59 Å². The van der Waals surface area contributed by atoms with Crippen LogP contribution in [0.25, 0.3) is 10.8 Å². The number of hydrogen-bond donors (Lipinski definition) is 2. The van der Waals surface area contributed by atoms with Gasteiger partial charge in [0.1, 0.15) is 11.5 Å². The smallest absolute Gasteiger partial charge is 0.343 e. The lowest BCUT2D eigenvalue weighted by atomic mass is 10.0. The minimum absolute atomic E-state index is 0.250. The molecule has 0 aliphatic heterocycles. The molecule has 0 atom stereocenters. The number of fused-ring (bicyclic) bond motifs is 1. The SMILES string of the molecule is CCOc1ccc(C(=O)Oc2ccc3ccccc3c2/C=N\NC(=O)C(=O)Nc2ccc(C)cc2)cc1. The molecule has 4 aromatic carbocycles. The van der Waals surface area contributed by atoms with E-state index in [9.17, 15) is 14.4 Å². The van der Waals surface area contributed by atoms with Crippen LogP contribution in [0.1, 0.15) is 28.4 Å². The Hall–Kier alpha value is -4.98. The maximum Gasteiger partial charge on any atom is 0.343 e. The van der Waals surface area contributed by atoms with Gasteiger partial charge in [0.15, 0.2) is 0 Å². The Balaban J connectivity index is 1.51. The molecule has 8 nitrogen and oxygen atoms in total. The highest BCUT2D eigenvalue weighted by atomic mass is 16.5. The van der Waals surface area contributed by atoms with Crippen LogP contribution in [-0.2, 0) is 9.59 Å². The molecule has 8 heteroatoms. The molecule has 0 unspecified atom stereocenters. The van der Waals surface area contributed by atoms with Crippen LogP contribution in [0.4, 0.5) is 5.69 Å². The average molecular weight is 496 g/mol. The lowest BCUT2D eigenvalue weighted by molar-refractivity contribution is -0.136. The van der Waals surface area contributed by atoms with Gasteiger partial charge in [0, 0.05) is 11.3 Å². The third kappa shape index (κ3) is 6.37. The molecular formula is C29H25N3O5. The first-order chi connectivity index (χ1) is 17.9. The summed E-state index contributed by atoms with van der Waals surface area (Å²) in [5.41, 5.74) is 4.56. The molecule has 4 aromatic rings. The van der Waals surface area contributed by atoms with Gasteiger partial charge in [-0.15, -0.1) is 0 Å². The quantitative estimate of drug-likeness (QED) is 0.125. The second kappa shape index (κ2) is 11.6. The summed E-state index contributed by atoms with van der Waals surface area (Å²) in [5.74, 6) is -1.46. The number of ether oxygens (including phenoxy) is 2. The number of benzene rings is 4. The minimum atomic E-state index is -0.940. The fourth-order valence-electron chi connectivity index (χ4n) is 3.54. The summed E-state index contributed by atoms with van der Waals surface area (Å²) in [7, 11) is 0. The third-order valence-corrected chi connectivity index (χ3v) is 5.41. The standard InChI is InChI=1S/C29H25N3O5/c1-3-36-23-15-10-21(11-16-23)29(35)37-26-17-12-20-6-4-5-7-24(20)25(26)18-30-32-28(34)27(33)31-22-13-8-19(2)9-14-22/h4-18H,3H2,1-2H3,(H,31,33)(H,32,34)/b30-18-. The van der Waals surface area contributed by atoms with E-state index in [0.717, 1.165) is 16.3 Å². The summed E-state index contributed by atoms with van der Waals surface area (Å²) in [6.07, 6.45) is 1.35. The van der Waals surface area contributed by atoms with Crippen molar-refractivity contribution in [2.24, 2.45) is 5.10 Å². The van der Waals surface area contributed by atoms with E-state index in [-0.39, 0.29) is 5.75 Å². The Labute approximate surface area is 213 Å². The summed E-state index contributed by atoms with van der Waals surface area (Å²) in [6, 6.07) is 24.6. The highest BCUT2D eigenvalue weighted by Crippen LogP contribution is 2.27. The predicted octanol–water partition coefficient (Wildman–Crippen LogP) is 4.85. The second-order valence-electron chi connectivity index (χ2n) is 8.06. The summed E-state index contributed by atoms with van der Waals surface area (Å²) in [4.78, 5) is 37.3. The first-order valence-electron chi connectivity index (χ1n) is 11.6. The van der Waals surface area contributed by atoms with Crippen molar-refractivity contribution in [3.8, 4) is 11.5 Å². The number of nitrogens with zero attached hydrogens (tertiary/aromatic N) is 1. The molecule has 0 aliphatic carbocycles. The Bertz CT molecular complexity index is 1460. The van der Waals surface area contributed by atoms with Crippen molar-refractivity contribution in [1.29, 1.82) is 0 Å². The summed E-state index contributed by atoms with van der Waals surface area (Å²) in [6.45, 7) is 4.32. The first-order valence-corrected chi connectivity index (χ1v) is 11.6. The van der Waals surface area contributed by atoms with Crippen LogP contribution in [0.15, 0.2) is 90.0 Å². The zero-order valence-electron chi connectivity index (χ0n) is 20.4. The van der Waals surface area contributed by atoms with E-state index in [1.165, 1.54) is 6.21 Å². The number of aryl methyl sites for hydroxylation is 1. The van der Waals surface area contributed by atoms with Gasteiger partial charge in [0.05, 0.1) is 18.4 Å². The van der Waals surface area contributed by atoms with Gasteiger partial charge in [-0.25, -0.2) is 10.2 Å². The highest BCUT2D eigenvalue weighted by Gasteiger charge is 2.15. The number of nitrogens with one attached hydrogen (secondary N) is 2. The Morgan fingerprint density at radius 3 is 2.32 bits per heavy atom. The van der Waals surface area contributed by atoms with Crippen LogP contribution < -0.4 is 20.2 Å². The van der Waals surface area contributed by atoms with Crippen LogP contribution >= 0.6 is 0 Å². The summed E-state index contributed by atoms with van der Waals surface area (Å²) < 4.78 is 11.1. The Kier molecular flexibility index (Phi) is 7.90. The third-order valence-electron chi connectivity index (χ3n) is 5.41. The van der Waals surface area contributed by atoms with Gasteiger partial charge >= 0.3 is 17.8 Å². The minimum Gasteiger partial charge on any atom is -0.494 e. The summed E-state index contributed by atoms with van der Waals surface area (Å²) >= 11 is 0. The molecule has 0 bridgehead atoms.